The van der Waals surface area contributed by atoms with E-state index < -0.39 is 10.0 Å². The second-order valence-corrected chi connectivity index (χ2v) is 10.2. The van der Waals surface area contributed by atoms with Gasteiger partial charge in [0.1, 0.15) is 5.75 Å². The Hall–Kier alpha value is -1.64. The highest BCUT2D eigenvalue weighted by molar-refractivity contribution is 7.89. The third-order valence-electron chi connectivity index (χ3n) is 6.23. The number of piperidine rings is 1. The second kappa shape index (κ2) is 8.62. The van der Waals surface area contributed by atoms with Crippen LogP contribution in [0.4, 0.5) is 0 Å². The summed E-state index contributed by atoms with van der Waals surface area (Å²) in [6, 6.07) is 7.53. The van der Waals surface area contributed by atoms with Crippen molar-refractivity contribution in [2.75, 3.05) is 32.8 Å². The molecule has 1 N–H and O–H groups in total. The van der Waals surface area contributed by atoms with E-state index in [1.165, 1.54) is 17.1 Å². The van der Waals surface area contributed by atoms with Gasteiger partial charge in [-0.2, -0.15) is 4.31 Å². The molecule has 2 heterocycles. The summed E-state index contributed by atoms with van der Waals surface area (Å²) < 4.78 is 32.7. The first-order valence-electron chi connectivity index (χ1n) is 10.7. The zero-order chi connectivity index (χ0) is 20.4. The number of carbonyl (C=O) groups excluding carboxylic acids is 1. The van der Waals surface area contributed by atoms with Gasteiger partial charge in [0.05, 0.1) is 11.5 Å². The Morgan fingerprint density at radius 1 is 1.07 bits per heavy atom. The van der Waals surface area contributed by atoms with Gasteiger partial charge < -0.3 is 10.1 Å². The highest BCUT2D eigenvalue weighted by atomic mass is 32.2. The highest BCUT2D eigenvalue weighted by Crippen LogP contribution is 2.30. The molecule has 0 bridgehead atoms. The predicted octanol–water partition coefficient (Wildman–Crippen LogP) is 1.84. The SMILES string of the molecule is CCOc1ccc(S(=O)(=O)N2CCC(C(=O)NC3CCN(C4CC4)C3)CC2)cc1. The molecule has 29 heavy (non-hydrogen) atoms. The number of likely N-dealkylation sites (tertiary alicyclic amines) is 1. The lowest BCUT2D eigenvalue weighted by molar-refractivity contribution is -0.126. The van der Waals surface area contributed by atoms with Gasteiger partial charge in [0.15, 0.2) is 0 Å². The summed E-state index contributed by atoms with van der Waals surface area (Å²) in [7, 11) is -3.54. The first-order valence-corrected chi connectivity index (χ1v) is 12.2. The van der Waals surface area contributed by atoms with E-state index in [1.807, 2.05) is 6.92 Å². The van der Waals surface area contributed by atoms with Crippen molar-refractivity contribution < 1.29 is 17.9 Å². The fraction of sp³-hybridized carbons (Fsp3) is 0.667. The number of hydrogen-bond acceptors (Lipinski definition) is 5. The smallest absolute Gasteiger partial charge is 0.243 e. The third kappa shape index (κ3) is 4.75. The van der Waals surface area contributed by atoms with E-state index in [0.29, 0.717) is 38.3 Å². The van der Waals surface area contributed by atoms with E-state index in [9.17, 15) is 13.2 Å². The molecule has 1 aromatic rings. The van der Waals surface area contributed by atoms with Crippen molar-refractivity contribution in [3.63, 3.8) is 0 Å². The fourth-order valence-electron chi connectivity index (χ4n) is 4.38. The summed E-state index contributed by atoms with van der Waals surface area (Å²) in [6.45, 7) is 5.23. The van der Waals surface area contributed by atoms with Crippen molar-refractivity contribution >= 4 is 15.9 Å². The monoisotopic (exact) mass is 421 g/mol. The summed E-state index contributed by atoms with van der Waals surface area (Å²) >= 11 is 0. The Balaban J connectivity index is 1.28. The van der Waals surface area contributed by atoms with Crippen molar-refractivity contribution in [3.05, 3.63) is 24.3 Å². The third-order valence-corrected chi connectivity index (χ3v) is 8.14. The Morgan fingerprint density at radius 3 is 2.38 bits per heavy atom. The molecule has 3 fully saturated rings. The van der Waals surface area contributed by atoms with E-state index in [2.05, 4.69) is 10.2 Å². The first-order chi connectivity index (χ1) is 14.0. The molecule has 2 aliphatic heterocycles. The molecule has 1 unspecified atom stereocenters. The quantitative estimate of drug-likeness (QED) is 0.727. The molecule has 0 radical (unpaired) electrons. The van der Waals surface area contributed by atoms with Crippen LogP contribution < -0.4 is 10.1 Å². The van der Waals surface area contributed by atoms with Gasteiger partial charge in [0.2, 0.25) is 15.9 Å². The van der Waals surface area contributed by atoms with Crippen LogP contribution in [0.3, 0.4) is 0 Å². The lowest BCUT2D eigenvalue weighted by atomic mass is 9.97. The zero-order valence-corrected chi connectivity index (χ0v) is 17.9. The van der Waals surface area contributed by atoms with Gasteiger partial charge >= 0.3 is 0 Å². The topological polar surface area (TPSA) is 79.0 Å². The van der Waals surface area contributed by atoms with Crippen LogP contribution in [0.25, 0.3) is 0 Å². The van der Waals surface area contributed by atoms with E-state index in [0.717, 1.165) is 25.6 Å². The number of benzene rings is 1. The van der Waals surface area contributed by atoms with E-state index in [-0.39, 0.29) is 22.8 Å². The average molecular weight is 422 g/mol. The van der Waals surface area contributed by atoms with E-state index in [4.69, 9.17) is 4.74 Å². The van der Waals surface area contributed by atoms with Crippen LogP contribution in [-0.2, 0) is 14.8 Å². The van der Waals surface area contributed by atoms with Crippen molar-refractivity contribution in [3.8, 4) is 5.75 Å². The molecule has 3 aliphatic rings. The molecule has 7 nitrogen and oxygen atoms in total. The molecule has 1 saturated carbocycles. The van der Waals surface area contributed by atoms with Gasteiger partial charge in [-0.15, -0.1) is 0 Å². The molecule has 1 atom stereocenters. The van der Waals surface area contributed by atoms with Crippen LogP contribution in [0.1, 0.15) is 39.0 Å². The van der Waals surface area contributed by atoms with Crippen LogP contribution in [0, 0.1) is 5.92 Å². The molecular formula is C21H31N3O4S. The molecule has 8 heteroatoms. The Bertz CT molecular complexity index is 815. The van der Waals surface area contributed by atoms with Crippen LogP contribution >= 0.6 is 0 Å². The standard InChI is InChI=1S/C21H31N3O4S/c1-2-28-19-5-7-20(8-6-19)29(26,27)24-13-9-16(10-14-24)21(25)22-17-11-12-23(15-17)18-3-4-18/h5-8,16-18H,2-4,9-15H2,1H3,(H,22,25). The van der Waals surface area contributed by atoms with Gasteiger partial charge in [-0.25, -0.2) is 8.42 Å². The number of rotatable bonds is 7. The maximum atomic E-state index is 12.9. The number of ether oxygens (including phenoxy) is 1. The summed E-state index contributed by atoms with van der Waals surface area (Å²) in [4.78, 5) is 15.4. The number of carbonyl (C=O) groups is 1. The molecule has 0 aromatic heterocycles. The van der Waals surface area contributed by atoms with Gasteiger partial charge in [-0.3, -0.25) is 9.69 Å². The molecule has 1 aromatic carbocycles. The second-order valence-electron chi connectivity index (χ2n) is 8.30. The lowest BCUT2D eigenvalue weighted by Crippen LogP contribution is -2.46. The van der Waals surface area contributed by atoms with E-state index >= 15 is 0 Å². The van der Waals surface area contributed by atoms with Crippen molar-refractivity contribution in [2.45, 2.75) is 56.0 Å². The molecule has 4 rings (SSSR count). The fourth-order valence-corrected chi connectivity index (χ4v) is 5.85. The average Bonchev–Trinajstić information content (AvgIpc) is 3.48. The zero-order valence-electron chi connectivity index (χ0n) is 17.0. The van der Waals surface area contributed by atoms with E-state index in [1.54, 1.807) is 24.3 Å². The van der Waals surface area contributed by atoms with Crippen molar-refractivity contribution in [1.29, 1.82) is 0 Å². The van der Waals surface area contributed by atoms with Crippen LogP contribution in [0.15, 0.2) is 29.2 Å². The number of sulfonamides is 1. The highest BCUT2D eigenvalue weighted by Gasteiger charge is 2.36. The largest absolute Gasteiger partial charge is 0.494 e. The summed E-state index contributed by atoms with van der Waals surface area (Å²) in [6.07, 6.45) is 4.75. The van der Waals surface area contributed by atoms with Gasteiger partial charge in [-0.1, -0.05) is 0 Å². The molecule has 160 valence electrons. The Kier molecular flexibility index (Phi) is 6.13. The van der Waals surface area contributed by atoms with Crippen LogP contribution in [0.5, 0.6) is 5.75 Å². The predicted molar refractivity (Wildman–Crippen MR) is 110 cm³/mol. The molecular weight excluding hydrogens is 390 g/mol. The lowest BCUT2D eigenvalue weighted by Gasteiger charge is -2.31. The van der Waals surface area contributed by atoms with Crippen LogP contribution in [0.2, 0.25) is 0 Å². The van der Waals surface area contributed by atoms with Gasteiger partial charge in [-0.05, 0) is 63.3 Å². The van der Waals surface area contributed by atoms with Gasteiger partial charge in [0, 0.05) is 44.2 Å². The summed E-state index contributed by atoms with van der Waals surface area (Å²) in [5, 5.41) is 3.20. The maximum Gasteiger partial charge on any atom is 0.243 e. The molecule has 1 aliphatic carbocycles. The molecule has 0 spiro atoms. The Labute approximate surface area is 173 Å². The molecule has 2 saturated heterocycles. The minimum Gasteiger partial charge on any atom is -0.494 e. The normalized spacial score (nSPS) is 24.5. The summed E-state index contributed by atoms with van der Waals surface area (Å²) in [5.41, 5.74) is 0. The number of nitrogens with zero attached hydrogens (tertiary/aromatic N) is 2. The molecule has 1 amide bonds. The number of hydrogen-bond donors (Lipinski definition) is 1. The summed E-state index contributed by atoms with van der Waals surface area (Å²) in [5.74, 6) is 0.650. The maximum absolute atomic E-state index is 12.9. The Morgan fingerprint density at radius 2 is 1.76 bits per heavy atom. The number of nitrogens with one attached hydrogen (secondary N) is 1. The van der Waals surface area contributed by atoms with Gasteiger partial charge in [0.25, 0.3) is 0 Å². The van der Waals surface area contributed by atoms with Crippen molar-refractivity contribution in [1.82, 2.24) is 14.5 Å². The number of amides is 1. The minimum atomic E-state index is -3.54. The van der Waals surface area contributed by atoms with Crippen LogP contribution in [-0.4, -0.2) is 68.4 Å². The van der Waals surface area contributed by atoms with Crippen molar-refractivity contribution in [2.24, 2.45) is 5.92 Å². The minimum absolute atomic E-state index is 0.0887. The first kappa shape index (κ1) is 20.6.